The zero-order chi connectivity index (χ0) is 19.0. The number of amides is 1. The molecular weight excluding hydrogens is 348 g/mol. The summed E-state index contributed by atoms with van der Waals surface area (Å²) in [7, 11) is 0. The lowest BCUT2D eigenvalue weighted by atomic mass is 9.89. The molecule has 3 heterocycles. The SMILES string of the molecule is CC(c1ccc(F)cc1F)N1CCN(C(=O)CC2CC3CCC(C2)N3)CC1. The van der Waals surface area contributed by atoms with E-state index in [1.807, 2.05) is 11.8 Å². The van der Waals surface area contributed by atoms with E-state index >= 15 is 0 Å². The second-order valence-electron chi connectivity index (χ2n) is 8.44. The fourth-order valence-corrected chi connectivity index (χ4v) is 5.11. The van der Waals surface area contributed by atoms with E-state index < -0.39 is 11.6 Å². The molecule has 3 aliphatic heterocycles. The van der Waals surface area contributed by atoms with Crippen molar-refractivity contribution in [2.24, 2.45) is 5.92 Å². The molecule has 0 radical (unpaired) electrons. The van der Waals surface area contributed by atoms with Gasteiger partial charge < -0.3 is 10.2 Å². The first-order valence-electron chi connectivity index (χ1n) is 10.2. The largest absolute Gasteiger partial charge is 0.340 e. The van der Waals surface area contributed by atoms with Crippen LogP contribution in [0.5, 0.6) is 0 Å². The highest BCUT2D eigenvalue weighted by Gasteiger charge is 2.35. The van der Waals surface area contributed by atoms with Crippen LogP contribution in [0.3, 0.4) is 0 Å². The van der Waals surface area contributed by atoms with Gasteiger partial charge in [0.15, 0.2) is 0 Å². The summed E-state index contributed by atoms with van der Waals surface area (Å²) in [6, 6.07) is 4.88. The Labute approximate surface area is 159 Å². The van der Waals surface area contributed by atoms with Crippen LogP contribution in [0.25, 0.3) is 0 Å². The van der Waals surface area contributed by atoms with Gasteiger partial charge in [0.2, 0.25) is 5.91 Å². The molecule has 1 aromatic carbocycles. The molecule has 2 bridgehead atoms. The Hall–Kier alpha value is -1.53. The number of carbonyl (C=O) groups excluding carboxylic acids is 1. The lowest BCUT2D eigenvalue weighted by Gasteiger charge is -2.39. The van der Waals surface area contributed by atoms with Crippen molar-refractivity contribution in [1.29, 1.82) is 0 Å². The summed E-state index contributed by atoms with van der Waals surface area (Å²) < 4.78 is 27.2. The number of hydrogen-bond donors (Lipinski definition) is 1. The predicted octanol–water partition coefficient (Wildman–Crippen LogP) is 3.09. The summed E-state index contributed by atoms with van der Waals surface area (Å²) in [5.41, 5.74) is 0.515. The van der Waals surface area contributed by atoms with Gasteiger partial charge in [-0.1, -0.05) is 6.07 Å². The monoisotopic (exact) mass is 377 g/mol. The van der Waals surface area contributed by atoms with E-state index in [2.05, 4.69) is 10.2 Å². The number of nitrogens with one attached hydrogen (secondary N) is 1. The van der Waals surface area contributed by atoms with Gasteiger partial charge in [-0.15, -0.1) is 0 Å². The van der Waals surface area contributed by atoms with Gasteiger partial charge in [0, 0.05) is 62.4 Å². The summed E-state index contributed by atoms with van der Waals surface area (Å²) >= 11 is 0. The number of carbonyl (C=O) groups is 1. The van der Waals surface area contributed by atoms with Crippen LogP contribution < -0.4 is 5.32 Å². The van der Waals surface area contributed by atoms with Crippen LogP contribution in [0.2, 0.25) is 0 Å². The zero-order valence-electron chi connectivity index (χ0n) is 16.0. The van der Waals surface area contributed by atoms with Crippen molar-refractivity contribution < 1.29 is 13.6 Å². The molecule has 3 atom stereocenters. The molecule has 0 saturated carbocycles. The first-order chi connectivity index (χ1) is 13.0. The standard InChI is InChI=1S/C21H29F2N3O/c1-14(19-5-2-16(22)13-20(19)23)25-6-8-26(9-7-25)21(27)12-15-10-17-3-4-18(11-15)24-17/h2,5,13-15,17-18,24H,3-4,6-12H2,1H3. The van der Waals surface area contributed by atoms with Gasteiger partial charge in [-0.3, -0.25) is 9.69 Å². The zero-order valence-corrected chi connectivity index (χ0v) is 16.0. The number of piperidine rings is 1. The maximum absolute atomic E-state index is 14.1. The van der Waals surface area contributed by atoms with E-state index in [4.69, 9.17) is 0 Å². The molecule has 0 aromatic heterocycles. The van der Waals surface area contributed by atoms with Crippen molar-refractivity contribution in [3.05, 3.63) is 35.4 Å². The molecule has 6 heteroatoms. The van der Waals surface area contributed by atoms with Crippen LogP contribution in [0.1, 0.15) is 50.6 Å². The van der Waals surface area contributed by atoms with Gasteiger partial charge in [-0.05, 0) is 44.6 Å². The summed E-state index contributed by atoms with van der Waals surface area (Å²) in [5.74, 6) is -0.269. The van der Waals surface area contributed by atoms with E-state index in [0.717, 1.165) is 32.0 Å². The molecule has 4 rings (SSSR count). The molecular formula is C21H29F2N3O. The van der Waals surface area contributed by atoms with Crippen LogP contribution in [-0.2, 0) is 4.79 Å². The van der Waals surface area contributed by atoms with Crippen molar-refractivity contribution in [3.63, 3.8) is 0 Å². The average Bonchev–Trinajstić information content (AvgIpc) is 2.99. The van der Waals surface area contributed by atoms with E-state index in [-0.39, 0.29) is 11.9 Å². The van der Waals surface area contributed by atoms with Gasteiger partial charge in [0.25, 0.3) is 0 Å². The summed E-state index contributed by atoms with van der Waals surface area (Å²) in [6.07, 6.45) is 5.43. The highest BCUT2D eigenvalue weighted by molar-refractivity contribution is 5.76. The molecule has 0 spiro atoms. The van der Waals surface area contributed by atoms with Crippen molar-refractivity contribution in [2.45, 2.75) is 57.2 Å². The van der Waals surface area contributed by atoms with Crippen LogP contribution in [0.4, 0.5) is 8.78 Å². The lowest BCUT2D eigenvalue weighted by Crippen LogP contribution is -2.50. The van der Waals surface area contributed by atoms with E-state index in [9.17, 15) is 13.6 Å². The van der Waals surface area contributed by atoms with Crippen LogP contribution >= 0.6 is 0 Å². The highest BCUT2D eigenvalue weighted by atomic mass is 19.1. The average molecular weight is 377 g/mol. The number of hydrogen-bond acceptors (Lipinski definition) is 3. The molecule has 3 unspecified atom stereocenters. The van der Waals surface area contributed by atoms with Crippen LogP contribution in [-0.4, -0.2) is 54.0 Å². The molecule has 27 heavy (non-hydrogen) atoms. The number of halogens is 2. The van der Waals surface area contributed by atoms with Crippen molar-refractivity contribution in [3.8, 4) is 0 Å². The smallest absolute Gasteiger partial charge is 0.222 e. The van der Waals surface area contributed by atoms with Gasteiger partial charge in [0.1, 0.15) is 11.6 Å². The molecule has 1 N–H and O–H groups in total. The lowest BCUT2D eigenvalue weighted by molar-refractivity contribution is -0.134. The predicted molar refractivity (Wildman–Crippen MR) is 100 cm³/mol. The molecule has 3 aliphatic rings. The Kier molecular flexibility index (Phi) is 5.46. The van der Waals surface area contributed by atoms with Gasteiger partial charge in [-0.25, -0.2) is 8.78 Å². The number of rotatable bonds is 4. The van der Waals surface area contributed by atoms with E-state index in [1.165, 1.54) is 25.0 Å². The van der Waals surface area contributed by atoms with Gasteiger partial charge >= 0.3 is 0 Å². The Morgan fingerprint density at radius 3 is 2.44 bits per heavy atom. The molecule has 4 nitrogen and oxygen atoms in total. The van der Waals surface area contributed by atoms with Gasteiger partial charge in [-0.2, -0.15) is 0 Å². The maximum atomic E-state index is 14.1. The van der Waals surface area contributed by atoms with Gasteiger partial charge in [0.05, 0.1) is 0 Å². The summed E-state index contributed by atoms with van der Waals surface area (Å²) in [6.45, 7) is 4.76. The third kappa shape index (κ3) is 4.16. The number of piperazine rings is 1. The van der Waals surface area contributed by atoms with Crippen molar-refractivity contribution in [1.82, 2.24) is 15.1 Å². The Bertz CT molecular complexity index is 678. The van der Waals surface area contributed by atoms with Crippen molar-refractivity contribution in [2.75, 3.05) is 26.2 Å². The fraction of sp³-hybridized carbons (Fsp3) is 0.667. The molecule has 3 saturated heterocycles. The minimum absolute atomic E-state index is 0.122. The second-order valence-corrected chi connectivity index (χ2v) is 8.44. The molecule has 0 aliphatic carbocycles. The molecule has 148 valence electrons. The number of fused-ring (bicyclic) bond motifs is 2. The summed E-state index contributed by atoms with van der Waals surface area (Å²) in [4.78, 5) is 16.9. The molecule has 1 aromatic rings. The topological polar surface area (TPSA) is 35.6 Å². The summed E-state index contributed by atoms with van der Waals surface area (Å²) in [5, 5.41) is 3.63. The second kappa shape index (κ2) is 7.84. The Balaban J connectivity index is 1.28. The van der Waals surface area contributed by atoms with Crippen molar-refractivity contribution >= 4 is 5.91 Å². The Morgan fingerprint density at radius 1 is 1.15 bits per heavy atom. The van der Waals surface area contributed by atoms with Crippen LogP contribution in [0, 0.1) is 17.6 Å². The molecule has 1 amide bonds. The fourth-order valence-electron chi connectivity index (χ4n) is 5.11. The third-order valence-electron chi connectivity index (χ3n) is 6.66. The van der Waals surface area contributed by atoms with E-state index in [0.29, 0.717) is 43.1 Å². The first-order valence-corrected chi connectivity index (χ1v) is 10.2. The number of nitrogens with zero attached hydrogens (tertiary/aromatic N) is 2. The van der Waals surface area contributed by atoms with E-state index in [1.54, 1.807) is 0 Å². The maximum Gasteiger partial charge on any atom is 0.222 e. The first kappa shape index (κ1) is 18.8. The third-order valence-corrected chi connectivity index (χ3v) is 6.66. The highest BCUT2D eigenvalue weighted by Crippen LogP contribution is 2.33. The number of benzene rings is 1. The minimum atomic E-state index is -0.551. The normalized spacial score (nSPS) is 29.7. The molecule has 3 fully saturated rings. The minimum Gasteiger partial charge on any atom is -0.340 e. The Morgan fingerprint density at radius 2 is 1.81 bits per heavy atom. The van der Waals surface area contributed by atoms with Crippen LogP contribution in [0.15, 0.2) is 18.2 Å². The quantitative estimate of drug-likeness (QED) is 0.876.